The number of carbonyl (C=O) groups is 2. The zero-order valence-corrected chi connectivity index (χ0v) is 11.1. The lowest BCUT2D eigenvalue weighted by Gasteiger charge is -2.13. The maximum Gasteiger partial charge on any atom is 0.339 e. The third kappa shape index (κ3) is 4.13. The highest BCUT2D eigenvalue weighted by atomic mass is 16.4. The van der Waals surface area contributed by atoms with Crippen LogP contribution in [-0.2, 0) is 4.79 Å². The number of aromatic carboxylic acids is 1. The van der Waals surface area contributed by atoms with E-state index >= 15 is 0 Å². The highest BCUT2D eigenvalue weighted by Gasteiger charge is 2.17. The van der Waals surface area contributed by atoms with Crippen molar-refractivity contribution < 1.29 is 19.8 Å². The topological polar surface area (TPSA) is 86.6 Å². The van der Waals surface area contributed by atoms with Gasteiger partial charge in [-0.2, -0.15) is 0 Å². The largest absolute Gasteiger partial charge is 0.507 e. The highest BCUT2D eigenvalue weighted by Crippen LogP contribution is 2.22. The van der Waals surface area contributed by atoms with Crippen LogP contribution in [0.15, 0.2) is 30.5 Å². The summed E-state index contributed by atoms with van der Waals surface area (Å²) in [4.78, 5) is 22.3. The van der Waals surface area contributed by atoms with E-state index in [1.54, 1.807) is 0 Å². The van der Waals surface area contributed by atoms with E-state index in [-0.39, 0.29) is 17.1 Å². The number of phenols is 1. The first-order chi connectivity index (χ1) is 8.71. The second kappa shape index (κ2) is 5.56. The minimum absolute atomic E-state index is 0.0358. The van der Waals surface area contributed by atoms with E-state index in [0.717, 1.165) is 0 Å². The van der Waals surface area contributed by atoms with Crippen molar-refractivity contribution in [3.8, 4) is 5.75 Å². The molecule has 0 atom stereocenters. The van der Waals surface area contributed by atoms with Crippen molar-refractivity contribution in [2.24, 2.45) is 5.41 Å². The van der Waals surface area contributed by atoms with Crippen molar-refractivity contribution in [2.45, 2.75) is 20.8 Å². The maximum absolute atomic E-state index is 11.6. The van der Waals surface area contributed by atoms with Crippen molar-refractivity contribution in [1.29, 1.82) is 0 Å². The van der Waals surface area contributed by atoms with Crippen LogP contribution < -0.4 is 5.32 Å². The molecule has 5 heteroatoms. The monoisotopic (exact) mass is 263 g/mol. The van der Waals surface area contributed by atoms with Crippen LogP contribution >= 0.6 is 0 Å². The van der Waals surface area contributed by atoms with E-state index in [1.807, 2.05) is 20.8 Å². The zero-order chi connectivity index (χ0) is 14.6. The van der Waals surface area contributed by atoms with Gasteiger partial charge in [-0.1, -0.05) is 20.8 Å². The number of carboxylic acids is 1. The van der Waals surface area contributed by atoms with Crippen LogP contribution in [0.3, 0.4) is 0 Å². The molecule has 102 valence electrons. The third-order valence-electron chi connectivity index (χ3n) is 2.45. The summed E-state index contributed by atoms with van der Waals surface area (Å²) in [7, 11) is 0. The number of aromatic hydroxyl groups is 1. The van der Waals surface area contributed by atoms with Crippen LogP contribution in [0.2, 0.25) is 0 Å². The molecule has 19 heavy (non-hydrogen) atoms. The molecule has 1 aromatic rings. The van der Waals surface area contributed by atoms with Gasteiger partial charge < -0.3 is 15.5 Å². The summed E-state index contributed by atoms with van der Waals surface area (Å²) >= 11 is 0. The van der Waals surface area contributed by atoms with Crippen molar-refractivity contribution in [3.05, 3.63) is 36.0 Å². The molecular weight excluding hydrogens is 246 g/mol. The number of rotatable bonds is 4. The Morgan fingerprint density at radius 2 is 1.89 bits per heavy atom. The molecule has 0 heterocycles. The number of carbonyl (C=O) groups excluding carboxylic acids is 1. The number of benzene rings is 1. The van der Waals surface area contributed by atoms with Gasteiger partial charge in [0.15, 0.2) is 5.78 Å². The van der Waals surface area contributed by atoms with E-state index in [9.17, 15) is 14.7 Å². The van der Waals surface area contributed by atoms with Crippen LogP contribution in [0, 0.1) is 5.41 Å². The number of ketones is 1. The molecule has 0 radical (unpaired) electrons. The molecule has 0 saturated carbocycles. The van der Waals surface area contributed by atoms with E-state index in [1.165, 1.54) is 30.5 Å². The molecule has 0 aliphatic heterocycles. The van der Waals surface area contributed by atoms with Crippen LogP contribution in [-0.4, -0.2) is 22.0 Å². The molecule has 5 nitrogen and oxygen atoms in total. The van der Waals surface area contributed by atoms with E-state index in [4.69, 9.17) is 5.11 Å². The molecular formula is C14H17NO4. The number of hydrogen-bond acceptors (Lipinski definition) is 4. The minimum atomic E-state index is -1.19. The molecule has 1 aromatic carbocycles. The number of hydrogen-bond donors (Lipinski definition) is 3. The lowest BCUT2D eigenvalue weighted by Crippen LogP contribution is -2.17. The summed E-state index contributed by atoms with van der Waals surface area (Å²) in [5.41, 5.74) is -0.117. The van der Waals surface area contributed by atoms with Crippen molar-refractivity contribution >= 4 is 17.4 Å². The Hall–Kier alpha value is -2.30. The minimum Gasteiger partial charge on any atom is -0.507 e. The Morgan fingerprint density at radius 1 is 1.26 bits per heavy atom. The first-order valence-electron chi connectivity index (χ1n) is 5.75. The summed E-state index contributed by atoms with van der Waals surface area (Å²) in [5.74, 6) is -1.55. The maximum atomic E-state index is 11.6. The van der Waals surface area contributed by atoms with Gasteiger partial charge in [-0.05, 0) is 18.2 Å². The van der Waals surface area contributed by atoms with Crippen LogP contribution in [0.1, 0.15) is 31.1 Å². The molecule has 0 amide bonds. The zero-order valence-electron chi connectivity index (χ0n) is 11.1. The summed E-state index contributed by atoms with van der Waals surface area (Å²) in [5, 5.41) is 21.0. The Morgan fingerprint density at radius 3 is 2.37 bits per heavy atom. The second-order valence-corrected chi connectivity index (χ2v) is 5.13. The molecule has 0 unspecified atom stereocenters. The Kier molecular flexibility index (Phi) is 4.32. The lowest BCUT2D eigenvalue weighted by atomic mass is 9.91. The smallest absolute Gasteiger partial charge is 0.339 e. The van der Waals surface area contributed by atoms with Gasteiger partial charge in [-0.15, -0.1) is 0 Å². The van der Waals surface area contributed by atoms with Gasteiger partial charge in [-0.25, -0.2) is 4.79 Å². The summed E-state index contributed by atoms with van der Waals surface area (Å²) in [6.07, 6.45) is 2.87. The molecule has 1 rings (SSSR count). The Labute approximate surface area is 111 Å². The molecule has 0 spiro atoms. The average Bonchev–Trinajstić information content (AvgIpc) is 2.27. The summed E-state index contributed by atoms with van der Waals surface area (Å²) in [6.45, 7) is 5.44. The van der Waals surface area contributed by atoms with Gasteiger partial charge in [0.05, 0.1) is 0 Å². The fourth-order valence-corrected chi connectivity index (χ4v) is 1.27. The number of carboxylic acid groups (broad SMARTS) is 1. The normalized spacial score (nSPS) is 11.5. The molecule has 3 N–H and O–H groups in total. The van der Waals surface area contributed by atoms with Gasteiger partial charge in [-0.3, -0.25) is 4.79 Å². The van der Waals surface area contributed by atoms with Crippen LogP contribution in [0.5, 0.6) is 5.75 Å². The second-order valence-electron chi connectivity index (χ2n) is 5.13. The SMILES string of the molecule is CC(C)(C)C(=O)/C=C/Nc1ccc(C(=O)O)c(O)c1. The van der Waals surface area contributed by atoms with Gasteiger partial charge in [0, 0.05) is 23.4 Å². The summed E-state index contributed by atoms with van der Waals surface area (Å²) < 4.78 is 0. The average molecular weight is 263 g/mol. The van der Waals surface area contributed by atoms with E-state index in [2.05, 4.69) is 5.32 Å². The van der Waals surface area contributed by atoms with E-state index < -0.39 is 11.4 Å². The van der Waals surface area contributed by atoms with Crippen LogP contribution in [0.25, 0.3) is 0 Å². The van der Waals surface area contributed by atoms with Crippen molar-refractivity contribution in [2.75, 3.05) is 5.32 Å². The van der Waals surface area contributed by atoms with Crippen LogP contribution in [0.4, 0.5) is 5.69 Å². The fraction of sp³-hybridized carbons (Fsp3) is 0.286. The lowest BCUT2D eigenvalue weighted by molar-refractivity contribution is -0.121. The number of anilines is 1. The highest BCUT2D eigenvalue weighted by molar-refractivity contribution is 5.94. The predicted molar refractivity (Wildman–Crippen MR) is 72.3 cm³/mol. The Balaban J connectivity index is 2.75. The molecule has 0 fully saturated rings. The molecule has 0 aliphatic carbocycles. The first kappa shape index (κ1) is 14.8. The molecule has 0 aromatic heterocycles. The van der Waals surface area contributed by atoms with Crippen molar-refractivity contribution in [1.82, 2.24) is 0 Å². The number of allylic oxidation sites excluding steroid dienone is 1. The predicted octanol–water partition coefficient (Wildman–Crippen LogP) is 2.63. The first-order valence-corrected chi connectivity index (χ1v) is 5.75. The molecule has 0 saturated heterocycles. The van der Waals surface area contributed by atoms with Gasteiger partial charge >= 0.3 is 5.97 Å². The molecule has 0 bridgehead atoms. The molecule has 0 aliphatic rings. The third-order valence-corrected chi connectivity index (χ3v) is 2.45. The fourth-order valence-electron chi connectivity index (χ4n) is 1.27. The van der Waals surface area contributed by atoms with Gasteiger partial charge in [0.2, 0.25) is 0 Å². The van der Waals surface area contributed by atoms with Gasteiger partial charge in [0.25, 0.3) is 0 Å². The van der Waals surface area contributed by atoms with Gasteiger partial charge in [0.1, 0.15) is 11.3 Å². The number of nitrogens with one attached hydrogen (secondary N) is 1. The standard InChI is InChI=1S/C14H17NO4/c1-14(2,3)12(17)6-7-15-9-4-5-10(13(18)19)11(16)8-9/h4-8,15-16H,1-3H3,(H,18,19)/b7-6+. The van der Waals surface area contributed by atoms with E-state index in [0.29, 0.717) is 5.69 Å². The summed E-state index contributed by atoms with van der Waals surface area (Å²) in [6, 6.07) is 4.09. The quantitative estimate of drug-likeness (QED) is 0.727. The Bertz CT molecular complexity index is 527. The van der Waals surface area contributed by atoms with Crippen molar-refractivity contribution in [3.63, 3.8) is 0 Å².